The van der Waals surface area contributed by atoms with Gasteiger partial charge in [0, 0.05) is 32.7 Å². The van der Waals surface area contributed by atoms with E-state index in [4.69, 9.17) is 4.74 Å². The predicted molar refractivity (Wildman–Crippen MR) is 79.2 cm³/mol. The predicted octanol–water partition coefficient (Wildman–Crippen LogP) is 3.01. The van der Waals surface area contributed by atoms with E-state index in [-0.39, 0.29) is 0 Å². The second-order valence-corrected chi connectivity index (χ2v) is 5.28. The minimum absolute atomic E-state index is 0.326. The Morgan fingerprint density at radius 2 is 2.16 bits per heavy atom. The minimum atomic E-state index is 0.326. The quantitative estimate of drug-likeness (QED) is 0.708. The average Bonchev–Trinajstić information content (AvgIpc) is 2.83. The van der Waals surface area contributed by atoms with E-state index in [0.29, 0.717) is 12.0 Å². The summed E-state index contributed by atoms with van der Waals surface area (Å²) in [5, 5.41) is 3.62. The lowest BCUT2D eigenvalue weighted by molar-refractivity contribution is 0.148. The number of methoxy groups -OCH3 is 1. The Kier molecular flexibility index (Phi) is 7.75. The van der Waals surface area contributed by atoms with Crippen LogP contribution in [0.4, 0.5) is 0 Å². The number of rotatable bonds is 10. The van der Waals surface area contributed by atoms with Crippen molar-refractivity contribution in [3.8, 4) is 0 Å². The van der Waals surface area contributed by atoms with Crippen molar-refractivity contribution in [3.63, 3.8) is 0 Å². The molecule has 110 valence electrons. The molecular weight excluding hydrogens is 238 g/mol. The fraction of sp³-hybridized carbons (Fsp3) is 0.800. The van der Waals surface area contributed by atoms with Gasteiger partial charge in [0.15, 0.2) is 0 Å². The van der Waals surface area contributed by atoms with Gasteiger partial charge in [-0.2, -0.15) is 0 Å². The van der Waals surface area contributed by atoms with Crippen LogP contribution in [0.25, 0.3) is 0 Å². The molecule has 0 fully saturated rings. The van der Waals surface area contributed by atoms with Gasteiger partial charge in [-0.25, -0.2) is 4.98 Å². The highest BCUT2D eigenvalue weighted by atomic mass is 16.5. The number of nitrogens with one attached hydrogen (secondary N) is 1. The summed E-state index contributed by atoms with van der Waals surface area (Å²) in [6.07, 6.45) is 7.34. The summed E-state index contributed by atoms with van der Waals surface area (Å²) >= 11 is 0. The number of nitrogens with zero attached hydrogens (tertiary/aromatic N) is 2. The summed E-state index contributed by atoms with van der Waals surface area (Å²) in [5.41, 5.74) is 0. The average molecular weight is 267 g/mol. The van der Waals surface area contributed by atoms with Crippen LogP contribution in [0, 0.1) is 5.92 Å². The maximum absolute atomic E-state index is 5.25. The molecule has 0 amide bonds. The molecule has 0 saturated heterocycles. The van der Waals surface area contributed by atoms with Crippen molar-refractivity contribution in [2.75, 3.05) is 20.3 Å². The van der Waals surface area contributed by atoms with E-state index in [1.54, 1.807) is 7.11 Å². The Morgan fingerprint density at radius 1 is 1.37 bits per heavy atom. The van der Waals surface area contributed by atoms with Crippen molar-refractivity contribution in [1.82, 2.24) is 14.9 Å². The third-order valence-corrected chi connectivity index (χ3v) is 3.25. The third-order valence-electron chi connectivity index (χ3n) is 3.25. The van der Waals surface area contributed by atoms with Crippen LogP contribution >= 0.6 is 0 Å². The second kappa shape index (κ2) is 9.10. The molecule has 19 heavy (non-hydrogen) atoms. The van der Waals surface area contributed by atoms with Gasteiger partial charge in [-0.1, -0.05) is 20.8 Å². The van der Waals surface area contributed by atoms with Gasteiger partial charge < -0.3 is 14.6 Å². The lowest BCUT2D eigenvalue weighted by Crippen LogP contribution is -2.27. The smallest absolute Gasteiger partial charge is 0.125 e. The molecule has 0 radical (unpaired) electrons. The monoisotopic (exact) mass is 267 g/mol. The van der Waals surface area contributed by atoms with Crippen LogP contribution < -0.4 is 5.32 Å². The molecule has 0 aliphatic heterocycles. The lowest BCUT2D eigenvalue weighted by Gasteiger charge is -2.22. The Bertz CT molecular complexity index is 338. The van der Waals surface area contributed by atoms with E-state index >= 15 is 0 Å². The van der Waals surface area contributed by atoms with Crippen molar-refractivity contribution >= 4 is 0 Å². The van der Waals surface area contributed by atoms with Gasteiger partial charge in [-0.15, -0.1) is 0 Å². The summed E-state index contributed by atoms with van der Waals surface area (Å²) in [4.78, 5) is 4.56. The molecule has 0 spiro atoms. The van der Waals surface area contributed by atoms with Gasteiger partial charge in [-0.05, 0) is 31.7 Å². The first-order valence-electron chi connectivity index (χ1n) is 7.46. The Balaban J connectivity index is 2.73. The molecule has 1 rings (SSSR count). The fourth-order valence-corrected chi connectivity index (χ4v) is 2.41. The molecule has 0 bridgehead atoms. The van der Waals surface area contributed by atoms with Crippen LogP contribution in [0.2, 0.25) is 0 Å². The molecule has 2 atom stereocenters. The van der Waals surface area contributed by atoms with Crippen LogP contribution in [0.3, 0.4) is 0 Å². The molecule has 4 heteroatoms. The van der Waals surface area contributed by atoms with Gasteiger partial charge in [0.05, 0.1) is 6.04 Å². The van der Waals surface area contributed by atoms with Crippen LogP contribution in [-0.2, 0) is 11.3 Å². The molecule has 0 saturated carbocycles. The highest BCUT2D eigenvalue weighted by molar-refractivity contribution is 5.00. The van der Waals surface area contributed by atoms with Crippen molar-refractivity contribution in [2.24, 2.45) is 5.92 Å². The van der Waals surface area contributed by atoms with E-state index < -0.39 is 0 Å². The zero-order valence-electron chi connectivity index (χ0n) is 12.9. The topological polar surface area (TPSA) is 39.1 Å². The fourth-order valence-electron chi connectivity index (χ4n) is 2.41. The Morgan fingerprint density at radius 3 is 2.79 bits per heavy atom. The number of aromatic nitrogens is 2. The first kappa shape index (κ1) is 16.2. The van der Waals surface area contributed by atoms with E-state index in [9.17, 15) is 0 Å². The maximum atomic E-state index is 5.25. The molecule has 1 heterocycles. The lowest BCUT2D eigenvalue weighted by atomic mass is 10.0. The molecule has 1 aromatic rings. The largest absolute Gasteiger partial charge is 0.384 e. The van der Waals surface area contributed by atoms with E-state index in [1.807, 2.05) is 6.20 Å². The van der Waals surface area contributed by atoms with Crippen molar-refractivity contribution in [1.29, 1.82) is 0 Å². The van der Waals surface area contributed by atoms with Crippen LogP contribution in [0.15, 0.2) is 12.4 Å². The van der Waals surface area contributed by atoms with E-state index in [0.717, 1.165) is 39.0 Å². The first-order chi connectivity index (χ1) is 9.22. The van der Waals surface area contributed by atoms with E-state index in [2.05, 4.69) is 41.8 Å². The first-order valence-corrected chi connectivity index (χ1v) is 7.46. The SMILES string of the molecule is CCCNC(CC(C)COC)c1nccn1CCC. The van der Waals surface area contributed by atoms with Crippen molar-refractivity contribution in [3.05, 3.63) is 18.2 Å². The minimum Gasteiger partial charge on any atom is -0.384 e. The van der Waals surface area contributed by atoms with Gasteiger partial charge in [0.2, 0.25) is 0 Å². The standard InChI is InChI=1S/C15H29N3O/c1-5-7-16-14(11-13(3)12-19-4)15-17-8-10-18(15)9-6-2/h8,10,13-14,16H,5-7,9,11-12H2,1-4H3. The Labute approximate surface area is 117 Å². The highest BCUT2D eigenvalue weighted by Crippen LogP contribution is 2.20. The molecule has 2 unspecified atom stereocenters. The second-order valence-electron chi connectivity index (χ2n) is 5.28. The number of hydrogen-bond donors (Lipinski definition) is 1. The van der Waals surface area contributed by atoms with E-state index in [1.165, 1.54) is 5.82 Å². The summed E-state index contributed by atoms with van der Waals surface area (Å²) < 4.78 is 7.52. The molecule has 0 aliphatic carbocycles. The number of imidazole rings is 1. The van der Waals surface area contributed by atoms with Gasteiger partial charge >= 0.3 is 0 Å². The molecule has 0 aliphatic rings. The number of aryl methyl sites for hydroxylation is 1. The van der Waals surface area contributed by atoms with Crippen molar-refractivity contribution < 1.29 is 4.74 Å². The van der Waals surface area contributed by atoms with Crippen LogP contribution in [0.1, 0.15) is 51.9 Å². The number of ether oxygens (including phenoxy) is 1. The van der Waals surface area contributed by atoms with Crippen LogP contribution in [0.5, 0.6) is 0 Å². The third kappa shape index (κ3) is 5.33. The van der Waals surface area contributed by atoms with Crippen molar-refractivity contribution in [2.45, 2.75) is 52.6 Å². The molecular formula is C15H29N3O. The summed E-state index contributed by atoms with van der Waals surface area (Å²) in [7, 11) is 1.77. The molecule has 1 N–H and O–H groups in total. The summed E-state index contributed by atoms with van der Waals surface area (Å²) in [6.45, 7) is 9.50. The Hall–Kier alpha value is -0.870. The van der Waals surface area contributed by atoms with Gasteiger partial charge in [0.1, 0.15) is 5.82 Å². The summed E-state index contributed by atoms with van der Waals surface area (Å²) in [6, 6.07) is 0.326. The molecule has 0 aromatic carbocycles. The zero-order valence-corrected chi connectivity index (χ0v) is 12.9. The summed E-state index contributed by atoms with van der Waals surface area (Å²) in [5.74, 6) is 1.70. The highest BCUT2D eigenvalue weighted by Gasteiger charge is 2.19. The molecule has 4 nitrogen and oxygen atoms in total. The maximum Gasteiger partial charge on any atom is 0.125 e. The normalized spacial score (nSPS) is 14.5. The van der Waals surface area contributed by atoms with Gasteiger partial charge in [-0.3, -0.25) is 0 Å². The zero-order chi connectivity index (χ0) is 14.1. The van der Waals surface area contributed by atoms with Gasteiger partial charge in [0.25, 0.3) is 0 Å². The molecule has 1 aromatic heterocycles. The van der Waals surface area contributed by atoms with Crippen LogP contribution in [-0.4, -0.2) is 29.8 Å². The number of hydrogen-bond acceptors (Lipinski definition) is 3.